The number of amides is 2. The van der Waals surface area contributed by atoms with E-state index in [1.807, 2.05) is 19.9 Å². The minimum atomic E-state index is -0.419. The molecule has 0 unspecified atom stereocenters. The number of rotatable bonds is 4. The van der Waals surface area contributed by atoms with Crippen LogP contribution in [-0.4, -0.2) is 20.6 Å². The normalized spacial score (nSPS) is 16.3. The Morgan fingerprint density at radius 1 is 1.20 bits per heavy atom. The van der Waals surface area contributed by atoms with Crippen LogP contribution in [0, 0.1) is 19.7 Å². The summed E-state index contributed by atoms with van der Waals surface area (Å²) in [6.45, 7) is 6.86. The van der Waals surface area contributed by atoms with Gasteiger partial charge in [-0.1, -0.05) is 18.2 Å². The van der Waals surface area contributed by atoms with Gasteiger partial charge < -0.3 is 4.57 Å². The van der Waals surface area contributed by atoms with Crippen LogP contribution in [0.3, 0.4) is 0 Å². The maximum atomic E-state index is 13.8. The van der Waals surface area contributed by atoms with Crippen LogP contribution in [0.2, 0.25) is 0 Å². The summed E-state index contributed by atoms with van der Waals surface area (Å²) in [4.78, 5) is 26.3. The van der Waals surface area contributed by atoms with Gasteiger partial charge in [0.25, 0.3) is 11.1 Å². The predicted octanol–water partition coefficient (Wildman–Crippen LogP) is 4.50. The van der Waals surface area contributed by atoms with Crippen molar-refractivity contribution in [3.05, 3.63) is 63.6 Å². The molecule has 0 atom stereocenters. The standard InChI is InChI=1S/C19H19FN2O2S/c1-4-21-12(2)9-15(13(21)3)10-17-18(23)22(19(24)25-17)11-14-7-5-6-8-16(14)20/h5-10H,4,11H2,1-3H3/b17-10-. The molecule has 130 valence electrons. The van der Waals surface area contributed by atoms with Crippen LogP contribution in [-0.2, 0) is 17.9 Å². The van der Waals surface area contributed by atoms with Gasteiger partial charge in [0.1, 0.15) is 5.82 Å². The van der Waals surface area contributed by atoms with Crippen LogP contribution in [0.1, 0.15) is 29.4 Å². The molecule has 6 heteroatoms. The number of carbonyl (C=O) groups excluding carboxylic acids is 2. The molecule has 2 aromatic rings. The Hall–Kier alpha value is -2.34. The Morgan fingerprint density at radius 2 is 1.92 bits per heavy atom. The summed E-state index contributed by atoms with van der Waals surface area (Å²) in [5.41, 5.74) is 3.42. The first kappa shape index (κ1) is 17.5. The Bertz CT molecular complexity index is 886. The van der Waals surface area contributed by atoms with Gasteiger partial charge in [-0.15, -0.1) is 0 Å². The van der Waals surface area contributed by atoms with E-state index in [4.69, 9.17) is 0 Å². The van der Waals surface area contributed by atoms with Gasteiger partial charge in [-0.2, -0.15) is 0 Å². The van der Waals surface area contributed by atoms with Crippen LogP contribution in [0.5, 0.6) is 0 Å². The molecule has 0 bridgehead atoms. The third kappa shape index (κ3) is 3.26. The third-order valence-electron chi connectivity index (χ3n) is 4.38. The minimum absolute atomic E-state index is 0.0529. The largest absolute Gasteiger partial charge is 0.349 e. The Kier molecular flexibility index (Phi) is 4.81. The first-order valence-corrected chi connectivity index (χ1v) is 8.89. The first-order valence-electron chi connectivity index (χ1n) is 8.08. The molecule has 25 heavy (non-hydrogen) atoms. The fourth-order valence-electron chi connectivity index (χ4n) is 3.03. The van der Waals surface area contributed by atoms with Crippen molar-refractivity contribution in [1.82, 2.24) is 9.47 Å². The molecule has 0 N–H and O–H groups in total. The van der Waals surface area contributed by atoms with E-state index in [9.17, 15) is 14.0 Å². The summed E-state index contributed by atoms with van der Waals surface area (Å²) in [6, 6.07) is 8.17. The van der Waals surface area contributed by atoms with Crippen LogP contribution >= 0.6 is 11.8 Å². The van der Waals surface area contributed by atoms with E-state index in [0.29, 0.717) is 10.5 Å². The van der Waals surface area contributed by atoms with E-state index in [1.165, 1.54) is 6.07 Å². The number of nitrogens with zero attached hydrogens (tertiary/aromatic N) is 2. The van der Waals surface area contributed by atoms with Crippen molar-refractivity contribution >= 4 is 29.0 Å². The topological polar surface area (TPSA) is 42.3 Å². The van der Waals surface area contributed by atoms with Crippen molar-refractivity contribution in [2.75, 3.05) is 0 Å². The molecule has 0 aliphatic carbocycles. The summed E-state index contributed by atoms with van der Waals surface area (Å²) in [5.74, 6) is -0.795. The molecular weight excluding hydrogens is 339 g/mol. The van der Waals surface area contributed by atoms with Gasteiger partial charge >= 0.3 is 0 Å². The van der Waals surface area contributed by atoms with Crippen molar-refractivity contribution in [1.29, 1.82) is 0 Å². The van der Waals surface area contributed by atoms with Gasteiger partial charge in [0, 0.05) is 23.5 Å². The Labute approximate surface area is 150 Å². The molecule has 1 saturated heterocycles. The lowest BCUT2D eigenvalue weighted by Gasteiger charge is -2.12. The third-order valence-corrected chi connectivity index (χ3v) is 5.28. The van der Waals surface area contributed by atoms with Gasteiger partial charge in [-0.25, -0.2) is 4.39 Å². The van der Waals surface area contributed by atoms with E-state index in [1.54, 1.807) is 24.3 Å². The molecule has 1 aromatic carbocycles. The second-order valence-electron chi connectivity index (χ2n) is 5.93. The van der Waals surface area contributed by atoms with Crippen LogP contribution in [0.25, 0.3) is 6.08 Å². The van der Waals surface area contributed by atoms with Gasteiger partial charge in [0.15, 0.2) is 0 Å². The number of halogens is 1. The summed E-state index contributed by atoms with van der Waals surface area (Å²) >= 11 is 0.900. The lowest BCUT2D eigenvalue weighted by molar-refractivity contribution is -0.123. The Morgan fingerprint density at radius 3 is 2.56 bits per heavy atom. The number of benzene rings is 1. The minimum Gasteiger partial charge on any atom is -0.349 e. The number of imide groups is 1. The summed E-state index contributed by atoms with van der Waals surface area (Å²) in [5, 5.41) is -0.371. The summed E-state index contributed by atoms with van der Waals surface area (Å²) < 4.78 is 16.0. The molecular formula is C19H19FN2O2S. The van der Waals surface area contributed by atoms with E-state index in [2.05, 4.69) is 11.5 Å². The van der Waals surface area contributed by atoms with E-state index >= 15 is 0 Å². The zero-order valence-electron chi connectivity index (χ0n) is 14.4. The molecule has 0 radical (unpaired) electrons. The van der Waals surface area contributed by atoms with Gasteiger partial charge in [0.05, 0.1) is 11.4 Å². The average molecular weight is 358 g/mol. The van der Waals surface area contributed by atoms with Gasteiger partial charge in [-0.3, -0.25) is 14.5 Å². The lowest BCUT2D eigenvalue weighted by atomic mass is 10.2. The molecule has 2 heterocycles. The molecule has 3 rings (SSSR count). The Balaban J connectivity index is 1.87. The number of thioether (sulfide) groups is 1. The molecule has 4 nitrogen and oxygen atoms in total. The molecule has 1 aliphatic heterocycles. The van der Waals surface area contributed by atoms with E-state index in [-0.39, 0.29) is 17.7 Å². The molecule has 1 fully saturated rings. The monoisotopic (exact) mass is 358 g/mol. The SMILES string of the molecule is CCn1c(C)cc(/C=C2\SC(=O)N(Cc3ccccc3F)C2=O)c1C. The smallest absolute Gasteiger partial charge is 0.293 e. The molecule has 1 aliphatic rings. The maximum Gasteiger partial charge on any atom is 0.293 e. The maximum absolute atomic E-state index is 13.8. The highest BCUT2D eigenvalue weighted by Crippen LogP contribution is 2.34. The van der Waals surface area contributed by atoms with Crippen LogP contribution < -0.4 is 0 Å². The van der Waals surface area contributed by atoms with Gasteiger partial charge in [0.2, 0.25) is 0 Å². The highest BCUT2D eigenvalue weighted by molar-refractivity contribution is 8.18. The number of hydrogen-bond acceptors (Lipinski definition) is 3. The summed E-state index contributed by atoms with van der Waals surface area (Å²) in [6.07, 6.45) is 1.75. The van der Waals surface area contributed by atoms with Crippen molar-refractivity contribution in [3.63, 3.8) is 0 Å². The van der Waals surface area contributed by atoms with Crippen molar-refractivity contribution in [3.8, 4) is 0 Å². The van der Waals surface area contributed by atoms with Crippen molar-refractivity contribution < 1.29 is 14.0 Å². The number of aryl methyl sites for hydroxylation is 1. The molecule has 1 aromatic heterocycles. The van der Waals surface area contributed by atoms with E-state index in [0.717, 1.165) is 40.2 Å². The predicted molar refractivity (Wildman–Crippen MR) is 97.5 cm³/mol. The van der Waals surface area contributed by atoms with Gasteiger partial charge in [-0.05, 0) is 56.3 Å². The first-order chi connectivity index (χ1) is 11.9. The van der Waals surface area contributed by atoms with Crippen molar-refractivity contribution in [2.45, 2.75) is 33.9 Å². The molecule has 0 saturated carbocycles. The van der Waals surface area contributed by atoms with E-state index < -0.39 is 5.82 Å². The quantitative estimate of drug-likeness (QED) is 0.756. The van der Waals surface area contributed by atoms with Crippen LogP contribution in [0.4, 0.5) is 9.18 Å². The number of carbonyl (C=O) groups is 2. The molecule has 2 amide bonds. The fourth-order valence-corrected chi connectivity index (χ4v) is 3.86. The van der Waals surface area contributed by atoms with Crippen LogP contribution in [0.15, 0.2) is 35.2 Å². The highest BCUT2D eigenvalue weighted by atomic mass is 32.2. The lowest BCUT2D eigenvalue weighted by Crippen LogP contribution is -2.27. The zero-order chi connectivity index (χ0) is 18.1. The number of hydrogen-bond donors (Lipinski definition) is 0. The second-order valence-corrected chi connectivity index (χ2v) is 6.92. The second kappa shape index (κ2) is 6.88. The number of aromatic nitrogens is 1. The molecule has 0 spiro atoms. The van der Waals surface area contributed by atoms with Crippen molar-refractivity contribution in [2.24, 2.45) is 0 Å². The average Bonchev–Trinajstić information content (AvgIpc) is 2.99. The fraction of sp³-hybridized carbons (Fsp3) is 0.263. The highest BCUT2D eigenvalue weighted by Gasteiger charge is 2.35. The zero-order valence-corrected chi connectivity index (χ0v) is 15.2. The summed E-state index contributed by atoms with van der Waals surface area (Å²) in [7, 11) is 0.